The summed E-state index contributed by atoms with van der Waals surface area (Å²) in [5.41, 5.74) is 0.180. The number of hydrogen-bond donors (Lipinski definition) is 1. The topological polar surface area (TPSA) is 21.3 Å². The number of halogens is 3. The summed E-state index contributed by atoms with van der Waals surface area (Å²) in [6.07, 6.45) is -3.73. The van der Waals surface area contributed by atoms with Crippen molar-refractivity contribution in [2.75, 3.05) is 6.54 Å². The Labute approximate surface area is 112 Å². The van der Waals surface area contributed by atoms with Crippen LogP contribution in [0.4, 0.5) is 13.2 Å². The first kappa shape index (κ1) is 15.8. The van der Waals surface area contributed by atoms with Crippen molar-refractivity contribution < 1.29 is 17.9 Å². The van der Waals surface area contributed by atoms with Gasteiger partial charge in [0, 0.05) is 0 Å². The zero-order chi connectivity index (χ0) is 14.5. The highest BCUT2D eigenvalue weighted by Crippen LogP contribution is 2.34. The Morgan fingerprint density at radius 3 is 2.47 bits per heavy atom. The van der Waals surface area contributed by atoms with Crippen LogP contribution in [0.3, 0.4) is 0 Å². The third-order valence-electron chi connectivity index (χ3n) is 2.49. The molecule has 0 saturated heterocycles. The van der Waals surface area contributed by atoms with Crippen molar-refractivity contribution in [1.29, 1.82) is 0 Å². The van der Waals surface area contributed by atoms with Crippen LogP contribution in [-0.2, 0) is 0 Å². The van der Waals surface area contributed by atoms with Gasteiger partial charge in [-0.05, 0) is 44.5 Å². The minimum atomic E-state index is -4.31. The summed E-state index contributed by atoms with van der Waals surface area (Å²) < 4.78 is 44.5. The number of nitrogens with one attached hydrogen (secondary N) is 1. The fourth-order valence-corrected chi connectivity index (χ4v) is 1.75. The molecule has 1 aromatic rings. The zero-order valence-electron chi connectivity index (χ0n) is 11.4. The Balaban J connectivity index is 2.95. The summed E-state index contributed by atoms with van der Waals surface area (Å²) in [5, 5.41) is 2.53. The van der Waals surface area contributed by atoms with Crippen molar-refractivity contribution in [1.82, 2.24) is 5.32 Å². The molecule has 0 spiro atoms. The van der Waals surface area contributed by atoms with Crippen LogP contribution >= 0.6 is 0 Å². The summed E-state index contributed by atoms with van der Waals surface area (Å²) in [7, 11) is 0. The molecule has 0 aliphatic heterocycles. The molecule has 1 N–H and O–H groups in total. The van der Waals surface area contributed by atoms with Crippen LogP contribution in [-0.4, -0.2) is 18.8 Å². The molecular formula is C14H20F3NO. The predicted octanol–water partition coefficient (Wildman–Crippen LogP) is 4.08. The van der Waals surface area contributed by atoms with Gasteiger partial charge in [0.1, 0.15) is 11.8 Å². The van der Waals surface area contributed by atoms with Gasteiger partial charge in [0.05, 0.1) is 6.10 Å². The van der Waals surface area contributed by atoms with E-state index in [1.807, 2.05) is 20.8 Å². The van der Waals surface area contributed by atoms with Crippen molar-refractivity contribution >= 4 is 0 Å². The van der Waals surface area contributed by atoms with Crippen LogP contribution < -0.4 is 10.1 Å². The number of benzene rings is 1. The maximum atomic E-state index is 13.0. The van der Waals surface area contributed by atoms with Gasteiger partial charge in [-0.3, -0.25) is 0 Å². The Morgan fingerprint density at radius 2 is 1.95 bits per heavy atom. The van der Waals surface area contributed by atoms with Gasteiger partial charge in [-0.25, -0.2) is 0 Å². The normalized spacial score (nSPS) is 13.6. The third kappa shape index (κ3) is 5.11. The summed E-state index contributed by atoms with van der Waals surface area (Å²) in [6.45, 7) is 5.82. The molecule has 1 rings (SSSR count). The number of alkyl halides is 3. The van der Waals surface area contributed by atoms with E-state index in [2.05, 4.69) is 5.32 Å². The lowest BCUT2D eigenvalue weighted by Crippen LogP contribution is -2.34. The second-order valence-electron chi connectivity index (χ2n) is 4.67. The van der Waals surface area contributed by atoms with Gasteiger partial charge in [0.15, 0.2) is 0 Å². The smallest absolute Gasteiger partial charge is 0.407 e. The highest BCUT2D eigenvalue weighted by Gasteiger charge is 2.40. The quantitative estimate of drug-likeness (QED) is 0.844. The van der Waals surface area contributed by atoms with Crippen LogP contribution in [0, 0.1) is 0 Å². The molecule has 0 radical (unpaired) electrons. The molecule has 108 valence electrons. The van der Waals surface area contributed by atoms with Gasteiger partial charge >= 0.3 is 6.18 Å². The fraction of sp³-hybridized carbons (Fsp3) is 0.571. The molecule has 0 aliphatic rings. The second kappa shape index (κ2) is 6.80. The van der Waals surface area contributed by atoms with E-state index in [0.29, 0.717) is 18.7 Å². The van der Waals surface area contributed by atoms with Crippen LogP contribution in [0.2, 0.25) is 0 Å². The molecule has 0 saturated carbocycles. The average molecular weight is 275 g/mol. The van der Waals surface area contributed by atoms with Gasteiger partial charge < -0.3 is 10.1 Å². The van der Waals surface area contributed by atoms with E-state index in [-0.39, 0.29) is 11.7 Å². The number of rotatable bonds is 6. The molecule has 0 bridgehead atoms. The summed E-state index contributed by atoms with van der Waals surface area (Å²) in [4.78, 5) is 0. The minimum absolute atomic E-state index is 0.0665. The molecule has 1 aromatic carbocycles. The molecule has 1 atom stereocenters. The van der Waals surface area contributed by atoms with Crippen LogP contribution in [0.5, 0.6) is 5.75 Å². The largest absolute Gasteiger partial charge is 0.491 e. The average Bonchev–Trinajstić information content (AvgIpc) is 2.27. The van der Waals surface area contributed by atoms with E-state index in [1.165, 1.54) is 12.1 Å². The number of ether oxygens (including phenoxy) is 1. The third-order valence-corrected chi connectivity index (χ3v) is 2.49. The van der Waals surface area contributed by atoms with E-state index in [0.717, 1.165) is 0 Å². The lowest BCUT2D eigenvalue weighted by atomic mass is 10.1. The fourth-order valence-electron chi connectivity index (χ4n) is 1.75. The van der Waals surface area contributed by atoms with Gasteiger partial charge in [-0.2, -0.15) is 13.2 Å². The maximum absolute atomic E-state index is 13.0. The van der Waals surface area contributed by atoms with Gasteiger partial charge in [0.25, 0.3) is 0 Å². The standard InChI is InChI=1S/C14H20F3NO/c1-4-8-18-13(14(15,16)17)11-6-5-7-12(9-11)19-10(2)3/h5-7,9-10,13,18H,4,8H2,1-3H3. The predicted molar refractivity (Wildman–Crippen MR) is 69.3 cm³/mol. The molecule has 0 aliphatic carbocycles. The first-order valence-corrected chi connectivity index (χ1v) is 6.41. The molecule has 2 nitrogen and oxygen atoms in total. The first-order chi connectivity index (χ1) is 8.84. The van der Waals surface area contributed by atoms with E-state index >= 15 is 0 Å². The summed E-state index contributed by atoms with van der Waals surface area (Å²) in [5.74, 6) is 0.458. The number of hydrogen-bond acceptors (Lipinski definition) is 2. The second-order valence-corrected chi connectivity index (χ2v) is 4.67. The van der Waals surface area contributed by atoms with E-state index in [4.69, 9.17) is 4.74 Å². The molecule has 5 heteroatoms. The molecule has 0 fully saturated rings. The molecule has 0 amide bonds. The van der Waals surface area contributed by atoms with Crippen molar-refractivity contribution in [3.8, 4) is 5.75 Å². The summed E-state index contributed by atoms with van der Waals surface area (Å²) >= 11 is 0. The Morgan fingerprint density at radius 1 is 1.26 bits per heavy atom. The highest BCUT2D eigenvalue weighted by molar-refractivity contribution is 5.31. The van der Waals surface area contributed by atoms with Gasteiger partial charge in [0.2, 0.25) is 0 Å². The van der Waals surface area contributed by atoms with Crippen molar-refractivity contribution in [3.05, 3.63) is 29.8 Å². The minimum Gasteiger partial charge on any atom is -0.491 e. The summed E-state index contributed by atoms with van der Waals surface area (Å²) in [6, 6.07) is 4.51. The monoisotopic (exact) mass is 275 g/mol. The van der Waals surface area contributed by atoms with Crippen molar-refractivity contribution in [2.24, 2.45) is 0 Å². The van der Waals surface area contributed by atoms with Crippen molar-refractivity contribution in [3.63, 3.8) is 0 Å². The zero-order valence-corrected chi connectivity index (χ0v) is 11.4. The van der Waals surface area contributed by atoms with Crippen LogP contribution in [0.1, 0.15) is 38.8 Å². The van der Waals surface area contributed by atoms with Crippen LogP contribution in [0.25, 0.3) is 0 Å². The van der Waals surface area contributed by atoms with Crippen LogP contribution in [0.15, 0.2) is 24.3 Å². The Bertz CT molecular complexity index is 391. The molecule has 1 unspecified atom stereocenters. The molecule has 0 aromatic heterocycles. The SMILES string of the molecule is CCCNC(c1cccc(OC(C)C)c1)C(F)(F)F. The maximum Gasteiger partial charge on any atom is 0.407 e. The highest BCUT2D eigenvalue weighted by atomic mass is 19.4. The Hall–Kier alpha value is -1.23. The van der Waals surface area contributed by atoms with Gasteiger partial charge in [-0.15, -0.1) is 0 Å². The van der Waals surface area contributed by atoms with E-state index in [1.54, 1.807) is 12.1 Å². The molecule has 19 heavy (non-hydrogen) atoms. The lowest BCUT2D eigenvalue weighted by molar-refractivity contribution is -0.157. The van der Waals surface area contributed by atoms with E-state index in [9.17, 15) is 13.2 Å². The molecule has 0 heterocycles. The van der Waals surface area contributed by atoms with Crippen molar-refractivity contribution in [2.45, 2.75) is 45.5 Å². The first-order valence-electron chi connectivity index (χ1n) is 6.41. The van der Waals surface area contributed by atoms with E-state index < -0.39 is 12.2 Å². The van der Waals surface area contributed by atoms with Gasteiger partial charge in [-0.1, -0.05) is 19.1 Å². The lowest BCUT2D eigenvalue weighted by Gasteiger charge is -2.22. The molecular weight excluding hydrogens is 255 g/mol. The Kier molecular flexibility index (Phi) is 5.66.